The SMILES string of the molecule is NS(=O)(=O)c1ccc(OCC2CC3(COC3)C2)c([N+](=O)[O-])c1. The molecule has 0 aromatic heterocycles. The Balaban J connectivity index is 1.69. The summed E-state index contributed by atoms with van der Waals surface area (Å²) in [5, 5.41) is 16.0. The number of sulfonamides is 1. The van der Waals surface area contributed by atoms with Crippen LogP contribution in [-0.4, -0.2) is 33.2 Å². The predicted molar refractivity (Wildman–Crippen MR) is 75.9 cm³/mol. The van der Waals surface area contributed by atoms with Crippen molar-refractivity contribution in [3.63, 3.8) is 0 Å². The Morgan fingerprint density at radius 1 is 1.41 bits per heavy atom. The van der Waals surface area contributed by atoms with E-state index in [-0.39, 0.29) is 10.6 Å². The van der Waals surface area contributed by atoms with Gasteiger partial charge in [-0.05, 0) is 30.9 Å². The molecule has 0 radical (unpaired) electrons. The smallest absolute Gasteiger partial charge is 0.312 e. The monoisotopic (exact) mass is 328 g/mol. The Hall–Kier alpha value is -1.71. The number of ether oxygens (including phenoxy) is 2. The first-order chi connectivity index (χ1) is 10.3. The standard InChI is InChI=1S/C13H16N2O6S/c14-22(18,19)10-1-2-12(11(3-10)15(16)17)21-6-9-4-13(5-9)7-20-8-13/h1-3,9H,4-8H2,(H2,14,18,19). The highest BCUT2D eigenvalue weighted by atomic mass is 32.2. The second kappa shape index (κ2) is 5.18. The van der Waals surface area contributed by atoms with Gasteiger partial charge in [-0.1, -0.05) is 0 Å². The van der Waals surface area contributed by atoms with Crippen LogP contribution in [0.5, 0.6) is 5.75 Å². The number of hydrogen-bond acceptors (Lipinski definition) is 6. The summed E-state index contributed by atoms with van der Waals surface area (Å²) in [5.41, 5.74) is -0.0928. The molecule has 2 aliphatic rings. The predicted octanol–water partition coefficient (Wildman–Crippen LogP) is 1.05. The molecule has 1 aliphatic carbocycles. The minimum absolute atomic E-state index is 0.0585. The van der Waals surface area contributed by atoms with Crippen molar-refractivity contribution >= 4 is 15.7 Å². The van der Waals surface area contributed by atoms with Crippen LogP contribution in [-0.2, 0) is 14.8 Å². The van der Waals surface area contributed by atoms with Crippen LogP contribution in [0.2, 0.25) is 0 Å². The molecule has 1 spiro atoms. The van der Waals surface area contributed by atoms with Gasteiger partial charge in [-0.3, -0.25) is 10.1 Å². The van der Waals surface area contributed by atoms with E-state index in [9.17, 15) is 18.5 Å². The third-order valence-electron chi connectivity index (χ3n) is 4.19. The maximum atomic E-state index is 11.3. The van der Waals surface area contributed by atoms with E-state index in [0.717, 1.165) is 32.1 Å². The average Bonchev–Trinajstić information content (AvgIpc) is 2.33. The van der Waals surface area contributed by atoms with Gasteiger partial charge in [0.05, 0.1) is 29.6 Å². The van der Waals surface area contributed by atoms with Crippen molar-refractivity contribution in [3.05, 3.63) is 28.3 Å². The molecule has 8 nitrogen and oxygen atoms in total. The van der Waals surface area contributed by atoms with E-state index < -0.39 is 20.6 Å². The van der Waals surface area contributed by atoms with E-state index in [2.05, 4.69) is 0 Å². The maximum Gasteiger partial charge on any atom is 0.312 e. The van der Waals surface area contributed by atoms with Crippen molar-refractivity contribution in [2.75, 3.05) is 19.8 Å². The van der Waals surface area contributed by atoms with Crippen LogP contribution in [0.1, 0.15) is 12.8 Å². The van der Waals surface area contributed by atoms with Gasteiger partial charge in [0.2, 0.25) is 10.0 Å². The number of primary sulfonamides is 1. The molecule has 1 aromatic rings. The van der Waals surface area contributed by atoms with Crippen molar-refractivity contribution in [2.45, 2.75) is 17.7 Å². The van der Waals surface area contributed by atoms with Gasteiger partial charge in [0.25, 0.3) is 0 Å². The van der Waals surface area contributed by atoms with Gasteiger partial charge in [-0.15, -0.1) is 0 Å². The van der Waals surface area contributed by atoms with E-state index in [1.807, 2.05) is 0 Å². The zero-order chi connectivity index (χ0) is 16.0. The van der Waals surface area contributed by atoms with Crippen molar-refractivity contribution < 1.29 is 22.8 Å². The lowest BCUT2D eigenvalue weighted by Gasteiger charge is -2.53. The number of benzene rings is 1. The Kier molecular flexibility index (Phi) is 3.58. The summed E-state index contributed by atoms with van der Waals surface area (Å²) in [6, 6.07) is 3.41. The number of nitrogens with two attached hydrogens (primary N) is 1. The Bertz CT molecular complexity index is 705. The summed E-state index contributed by atoms with van der Waals surface area (Å²) in [6.07, 6.45) is 1.99. The van der Waals surface area contributed by atoms with Gasteiger partial charge in [0, 0.05) is 11.5 Å². The van der Waals surface area contributed by atoms with Gasteiger partial charge >= 0.3 is 5.69 Å². The quantitative estimate of drug-likeness (QED) is 0.637. The summed E-state index contributed by atoms with van der Waals surface area (Å²) in [4.78, 5) is 10.1. The van der Waals surface area contributed by atoms with E-state index in [1.54, 1.807) is 0 Å². The lowest BCUT2D eigenvalue weighted by molar-refractivity contribution is -0.386. The molecule has 9 heteroatoms. The zero-order valence-corrected chi connectivity index (χ0v) is 12.5. The molecule has 2 N–H and O–H groups in total. The molecule has 0 bridgehead atoms. The highest BCUT2D eigenvalue weighted by molar-refractivity contribution is 7.89. The summed E-state index contributed by atoms with van der Waals surface area (Å²) >= 11 is 0. The fraction of sp³-hybridized carbons (Fsp3) is 0.538. The number of nitrogens with zero attached hydrogens (tertiary/aromatic N) is 1. The molecule has 2 fully saturated rings. The minimum atomic E-state index is -3.99. The van der Waals surface area contributed by atoms with Gasteiger partial charge in [0.1, 0.15) is 0 Å². The molecule has 1 saturated heterocycles. The molecule has 120 valence electrons. The summed E-state index contributed by atoms with van der Waals surface area (Å²) < 4.78 is 33.2. The fourth-order valence-electron chi connectivity index (χ4n) is 3.06. The maximum absolute atomic E-state index is 11.3. The van der Waals surface area contributed by atoms with Gasteiger partial charge in [0.15, 0.2) is 5.75 Å². The zero-order valence-electron chi connectivity index (χ0n) is 11.7. The summed E-state index contributed by atoms with van der Waals surface area (Å²) in [6.45, 7) is 1.94. The Morgan fingerprint density at radius 3 is 2.59 bits per heavy atom. The van der Waals surface area contributed by atoms with Crippen molar-refractivity contribution in [1.82, 2.24) is 0 Å². The number of hydrogen-bond donors (Lipinski definition) is 1. The third-order valence-corrected chi connectivity index (χ3v) is 5.10. The first-order valence-corrected chi connectivity index (χ1v) is 8.36. The van der Waals surface area contributed by atoms with Crippen LogP contribution in [0.3, 0.4) is 0 Å². The van der Waals surface area contributed by atoms with E-state index >= 15 is 0 Å². The van der Waals surface area contributed by atoms with Crippen LogP contribution in [0.25, 0.3) is 0 Å². The summed E-state index contributed by atoms with van der Waals surface area (Å²) in [7, 11) is -3.99. The Labute approximate surface area is 127 Å². The van der Waals surface area contributed by atoms with Crippen LogP contribution in [0, 0.1) is 21.4 Å². The minimum Gasteiger partial charge on any atom is -0.487 e. The van der Waals surface area contributed by atoms with Crippen molar-refractivity contribution in [3.8, 4) is 5.75 Å². The molecular formula is C13H16N2O6S. The van der Waals surface area contributed by atoms with Crippen LogP contribution in [0.4, 0.5) is 5.69 Å². The molecule has 0 atom stereocenters. The molecule has 1 aliphatic heterocycles. The molecule has 3 rings (SSSR count). The van der Waals surface area contributed by atoms with E-state index in [4.69, 9.17) is 14.6 Å². The second-order valence-corrected chi connectivity index (χ2v) is 7.57. The van der Waals surface area contributed by atoms with Gasteiger partial charge in [-0.25, -0.2) is 13.6 Å². The summed E-state index contributed by atoms with van der Waals surface area (Å²) in [5.74, 6) is 0.407. The fourth-order valence-corrected chi connectivity index (χ4v) is 3.59. The number of nitro benzene ring substituents is 1. The lowest BCUT2D eigenvalue weighted by atomic mass is 9.61. The topological polar surface area (TPSA) is 122 Å². The molecule has 1 saturated carbocycles. The van der Waals surface area contributed by atoms with Crippen LogP contribution >= 0.6 is 0 Å². The molecule has 1 aromatic carbocycles. The normalized spacial score (nSPS) is 20.2. The third kappa shape index (κ3) is 2.79. The van der Waals surface area contributed by atoms with E-state index in [1.165, 1.54) is 12.1 Å². The van der Waals surface area contributed by atoms with E-state index in [0.29, 0.717) is 17.9 Å². The first-order valence-electron chi connectivity index (χ1n) is 6.81. The highest BCUT2D eigenvalue weighted by Crippen LogP contribution is 2.50. The molecule has 22 heavy (non-hydrogen) atoms. The van der Waals surface area contributed by atoms with Crippen LogP contribution < -0.4 is 9.88 Å². The van der Waals surface area contributed by atoms with Gasteiger partial charge in [-0.2, -0.15) is 0 Å². The molecule has 0 amide bonds. The van der Waals surface area contributed by atoms with Gasteiger partial charge < -0.3 is 9.47 Å². The molecular weight excluding hydrogens is 312 g/mol. The average molecular weight is 328 g/mol. The largest absolute Gasteiger partial charge is 0.487 e. The highest BCUT2D eigenvalue weighted by Gasteiger charge is 2.49. The number of rotatable bonds is 5. The molecule has 1 heterocycles. The first kappa shape index (κ1) is 15.2. The second-order valence-electron chi connectivity index (χ2n) is 6.01. The molecule has 0 unspecified atom stereocenters. The van der Waals surface area contributed by atoms with Crippen molar-refractivity contribution in [2.24, 2.45) is 16.5 Å². The van der Waals surface area contributed by atoms with Crippen LogP contribution in [0.15, 0.2) is 23.1 Å². The Morgan fingerprint density at radius 2 is 2.09 bits per heavy atom. The van der Waals surface area contributed by atoms with Crippen molar-refractivity contribution in [1.29, 1.82) is 0 Å². The lowest BCUT2D eigenvalue weighted by Crippen LogP contribution is -2.53. The number of nitro groups is 1.